The number of nitrogens with zero attached hydrogens (tertiary/aromatic N) is 1. The SMILES string of the molecule is O=C(Cc1cc(Cl)ccc1O)Nc1ccnc(C(=O)NC2CCC(O)CC2)c1. The Morgan fingerprint density at radius 3 is 2.64 bits per heavy atom. The van der Waals surface area contributed by atoms with Crippen molar-refractivity contribution in [3.63, 3.8) is 0 Å². The van der Waals surface area contributed by atoms with E-state index in [-0.39, 0.29) is 41.8 Å². The molecule has 0 radical (unpaired) electrons. The molecular formula is C20H22ClN3O4. The molecule has 1 saturated carbocycles. The molecule has 3 rings (SSSR count). The second-order valence-electron chi connectivity index (χ2n) is 6.91. The van der Waals surface area contributed by atoms with Crippen LogP contribution in [-0.2, 0) is 11.2 Å². The molecule has 0 aliphatic heterocycles. The van der Waals surface area contributed by atoms with Gasteiger partial charge in [0.2, 0.25) is 5.91 Å². The Bertz CT molecular complexity index is 866. The van der Waals surface area contributed by atoms with E-state index in [9.17, 15) is 19.8 Å². The predicted octanol–water partition coefficient (Wildman–Crippen LogP) is 2.66. The number of phenols is 1. The van der Waals surface area contributed by atoms with E-state index in [1.54, 1.807) is 12.1 Å². The zero-order valence-electron chi connectivity index (χ0n) is 15.2. The summed E-state index contributed by atoms with van der Waals surface area (Å²) in [6, 6.07) is 7.61. The number of aliphatic hydroxyl groups is 1. The van der Waals surface area contributed by atoms with Gasteiger partial charge in [-0.15, -0.1) is 0 Å². The Morgan fingerprint density at radius 2 is 1.89 bits per heavy atom. The minimum Gasteiger partial charge on any atom is -0.508 e. The number of pyridine rings is 1. The molecule has 1 aromatic carbocycles. The molecule has 0 unspecified atom stereocenters. The first-order valence-corrected chi connectivity index (χ1v) is 9.50. The summed E-state index contributed by atoms with van der Waals surface area (Å²) in [6.45, 7) is 0. The minimum atomic E-state index is -0.351. The summed E-state index contributed by atoms with van der Waals surface area (Å²) in [6.07, 6.45) is 3.91. The van der Waals surface area contributed by atoms with Gasteiger partial charge in [-0.3, -0.25) is 14.6 Å². The van der Waals surface area contributed by atoms with Gasteiger partial charge in [0.25, 0.3) is 5.91 Å². The van der Waals surface area contributed by atoms with Gasteiger partial charge >= 0.3 is 0 Å². The largest absolute Gasteiger partial charge is 0.508 e. The highest BCUT2D eigenvalue weighted by atomic mass is 35.5. The number of carbonyl (C=O) groups is 2. The summed E-state index contributed by atoms with van der Waals surface area (Å²) >= 11 is 5.89. The molecule has 1 aromatic heterocycles. The number of benzene rings is 1. The number of carbonyl (C=O) groups excluding carboxylic acids is 2. The Kier molecular flexibility index (Phi) is 6.49. The van der Waals surface area contributed by atoms with Crippen LogP contribution >= 0.6 is 11.6 Å². The number of aromatic nitrogens is 1. The summed E-state index contributed by atoms with van der Waals surface area (Å²) in [4.78, 5) is 28.7. The summed E-state index contributed by atoms with van der Waals surface area (Å²) < 4.78 is 0. The maximum atomic E-state index is 12.4. The fourth-order valence-corrected chi connectivity index (χ4v) is 3.38. The van der Waals surface area contributed by atoms with Crippen LogP contribution in [0, 0.1) is 0 Å². The van der Waals surface area contributed by atoms with Gasteiger partial charge in [-0.25, -0.2) is 0 Å². The molecule has 8 heteroatoms. The highest BCUT2D eigenvalue weighted by Crippen LogP contribution is 2.22. The van der Waals surface area contributed by atoms with Crippen molar-refractivity contribution in [1.29, 1.82) is 0 Å². The first kappa shape index (κ1) is 20.1. The normalized spacial score (nSPS) is 19.1. The molecule has 0 saturated heterocycles. The maximum absolute atomic E-state index is 12.4. The number of aliphatic hydroxyl groups excluding tert-OH is 1. The zero-order chi connectivity index (χ0) is 20.1. The summed E-state index contributed by atoms with van der Waals surface area (Å²) in [5.41, 5.74) is 1.05. The lowest BCUT2D eigenvalue weighted by Gasteiger charge is -2.26. The number of halogens is 1. The molecule has 4 N–H and O–H groups in total. The Labute approximate surface area is 167 Å². The molecule has 1 heterocycles. The molecule has 28 heavy (non-hydrogen) atoms. The number of amides is 2. The maximum Gasteiger partial charge on any atom is 0.270 e. The third-order valence-corrected chi connectivity index (χ3v) is 4.94. The van der Waals surface area contributed by atoms with Crippen LogP contribution in [0.3, 0.4) is 0 Å². The van der Waals surface area contributed by atoms with Crippen molar-refractivity contribution >= 4 is 29.1 Å². The monoisotopic (exact) mass is 403 g/mol. The van der Waals surface area contributed by atoms with Gasteiger partial charge in [0.15, 0.2) is 0 Å². The fourth-order valence-electron chi connectivity index (χ4n) is 3.19. The van der Waals surface area contributed by atoms with Crippen molar-refractivity contribution in [2.45, 2.75) is 44.2 Å². The van der Waals surface area contributed by atoms with E-state index in [1.807, 2.05) is 0 Å². The highest BCUT2D eigenvalue weighted by molar-refractivity contribution is 6.30. The Balaban J connectivity index is 1.60. The van der Waals surface area contributed by atoms with Crippen molar-refractivity contribution in [3.8, 4) is 5.75 Å². The van der Waals surface area contributed by atoms with Crippen LogP contribution in [0.2, 0.25) is 5.02 Å². The molecule has 1 aliphatic rings. The van der Waals surface area contributed by atoms with Crippen LogP contribution in [0.4, 0.5) is 5.69 Å². The van der Waals surface area contributed by atoms with E-state index in [0.29, 0.717) is 29.1 Å². The first-order valence-electron chi connectivity index (χ1n) is 9.13. The molecule has 0 spiro atoms. The van der Waals surface area contributed by atoms with Crippen LogP contribution in [0.25, 0.3) is 0 Å². The van der Waals surface area contributed by atoms with Gasteiger partial charge in [0, 0.05) is 28.5 Å². The summed E-state index contributed by atoms with van der Waals surface area (Å²) in [5, 5.41) is 25.4. The van der Waals surface area contributed by atoms with Gasteiger partial charge in [0.05, 0.1) is 12.5 Å². The molecule has 1 aliphatic carbocycles. The van der Waals surface area contributed by atoms with Gasteiger partial charge in [-0.2, -0.15) is 0 Å². The lowest BCUT2D eigenvalue weighted by Crippen LogP contribution is -2.38. The van der Waals surface area contributed by atoms with Crippen LogP contribution in [0.1, 0.15) is 41.7 Å². The van der Waals surface area contributed by atoms with Gasteiger partial charge < -0.3 is 20.8 Å². The van der Waals surface area contributed by atoms with E-state index < -0.39 is 0 Å². The molecule has 7 nitrogen and oxygen atoms in total. The average molecular weight is 404 g/mol. The van der Waals surface area contributed by atoms with Crippen molar-refractivity contribution in [1.82, 2.24) is 10.3 Å². The lowest BCUT2D eigenvalue weighted by molar-refractivity contribution is -0.115. The number of phenolic OH excluding ortho intramolecular Hbond substituents is 1. The highest BCUT2D eigenvalue weighted by Gasteiger charge is 2.22. The standard InChI is InChI=1S/C20H22ClN3O4/c21-13-1-6-18(26)12(9-13)10-19(27)23-15-7-8-22-17(11-15)20(28)24-14-2-4-16(25)5-3-14/h1,6-9,11,14,16,25-26H,2-5,10H2,(H,24,28)(H,22,23,27). The molecule has 2 aromatic rings. The number of rotatable bonds is 5. The summed E-state index contributed by atoms with van der Waals surface area (Å²) in [5.74, 6) is -0.673. The predicted molar refractivity (Wildman–Crippen MR) is 105 cm³/mol. The molecule has 148 valence electrons. The number of hydrogen-bond acceptors (Lipinski definition) is 5. The lowest BCUT2D eigenvalue weighted by atomic mass is 9.93. The topological polar surface area (TPSA) is 112 Å². The smallest absolute Gasteiger partial charge is 0.270 e. The van der Waals surface area contributed by atoms with E-state index in [1.165, 1.54) is 24.4 Å². The van der Waals surface area contributed by atoms with Crippen LogP contribution in [-0.4, -0.2) is 39.2 Å². The van der Waals surface area contributed by atoms with Crippen molar-refractivity contribution in [3.05, 3.63) is 52.8 Å². The minimum absolute atomic E-state index is 0.00746. The van der Waals surface area contributed by atoms with Crippen LogP contribution < -0.4 is 10.6 Å². The number of anilines is 1. The van der Waals surface area contributed by atoms with Gasteiger partial charge in [-0.1, -0.05) is 11.6 Å². The van der Waals surface area contributed by atoms with Gasteiger partial charge in [0.1, 0.15) is 11.4 Å². The number of aromatic hydroxyl groups is 1. The average Bonchev–Trinajstić information content (AvgIpc) is 2.66. The number of hydrogen-bond donors (Lipinski definition) is 4. The Hall–Kier alpha value is -2.64. The molecular weight excluding hydrogens is 382 g/mol. The quantitative estimate of drug-likeness (QED) is 0.613. The first-order chi connectivity index (χ1) is 13.4. The second-order valence-corrected chi connectivity index (χ2v) is 7.34. The van der Waals surface area contributed by atoms with Crippen molar-refractivity contribution < 1.29 is 19.8 Å². The van der Waals surface area contributed by atoms with Crippen LogP contribution in [0.15, 0.2) is 36.5 Å². The third-order valence-electron chi connectivity index (χ3n) is 4.70. The zero-order valence-corrected chi connectivity index (χ0v) is 15.9. The Morgan fingerprint density at radius 1 is 1.14 bits per heavy atom. The molecule has 2 amide bonds. The van der Waals surface area contributed by atoms with E-state index >= 15 is 0 Å². The van der Waals surface area contributed by atoms with E-state index in [0.717, 1.165) is 12.8 Å². The van der Waals surface area contributed by atoms with Gasteiger partial charge in [-0.05, 0) is 56.0 Å². The number of nitrogens with one attached hydrogen (secondary N) is 2. The summed E-state index contributed by atoms with van der Waals surface area (Å²) in [7, 11) is 0. The van der Waals surface area contributed by atoms with E-state index in [2.05, 4.69) is 15.6 Å². The second kappa shape index (κ2) is 9.03. The van der Waals surface area contributed by atoms with Crippen molar-refractivity contribution in [2.75, 3.05) is 5.32 Å². The third kappa shape index (κ3) is 5.43. The fraction of sp³-hybridized carbons (Fsp3) is 0.350. The van der Waals surface area contributed by atoms with Crippen LogP contribution in [0.5, 0.6) is 5.75 Å². The van der Waals surface area contributed by atoms with Crippen molar-refractivity contribution in [2.24, 2.45) is 0 Å². The van der Waals surface area contributed by atoms with E-state index in [4.69, 9.17) is 11.6 Å². The molecule has 1 fully saturated rings. The molecule has 0 atom stereocenters. The molecule has 0 bridgehead atoms.